The summed E-state index contributed by atoms with van der Waals surface area (Å²) < 4.78 is 0. The number of amides is 1. The summed E-state index contributed by atoms with van der Waals surface area (Å²) >= 11 is 0. The summed E-state index contributed by atoms with van der Waals surface area (Å²) in [4.78, 5) is 29.9. The molecule has 1 saturated heterocycles. The standard InChI is InChI=1S/C18H20N2O3/c1-12-8-15(18(22)23)11-20(10-12)16(21)9-14-5-2-4-13-6-3-7-19-17(13)14/h2-7,12,15H,8-11H2,1H3,(H,22,23). The first-order chi connectivity index (χ1) is 11.0. The molecule has 1 aromatic carbocycles. The van der Waals surface area contributed by atoms with E-state index >= 15 is 0 Å². The molecule has 23 heavy (non-hydrogen) atoms. The number of carboxylic acids is 1. The molecule has 0 spiro atoms. The van der Waals surface area contributed by atoms with Crippen LogP contribution < -0.4 is 0 Å². The van der Waals surface area contributed by atoms with E-state index in [1.54, 1.807) is 11.1 Å². The van der Waals surface area contributed by atoms with E-state index in [9.17, 15) is 14.7 Å². The summed E-state index contributed by atoms with van der Waals surface area (Å²) in [5, 5.41) is 10.2. The van der Waals surface area contributed by atoms with Crippen molar-refractivity contribution in [3.05, 3.63) is 42.1 Å². The highest BCUT2D eigenvalue weighted by atomic mass is 16.4. The largest absolute Gasteiger partial charge is 0.481 e. The minimum atomic E-state index is -0.818. The second kappa shape index (κ2) is 6.36. The number of fused-ring (bicyclic) bond motifs is 1. The van der Waals surface area contributed by atoms with Crippen LogP contribution in [-0.2, 0) is 16.0 Å². The zero-order valence-corrected chi connectivity index (χ0v) is 13.1. The van der Waals surface area contributed by atoms with Crippen LogP contribution in [-0.4, -0.2) is 40.0 Å². The number of likely N-dealkylation sites (tertiary alicyclic amines) is 1. The first-order valence-corrected chi connectivity index (χ1v) is 7.88. The van der Waals surface area contributed by atoms with E-state index in [0.717, 1.165) is 16.5 Å². The molecule has 0 radical (unpaired) electrons. The van der Waals surface area contributed by atoms with Crippen LogP contribution in [0.3, 0.4) is 0 Å². The molecule has 1 aliphatic rings. The number of pyridine rings is 1. The summed E-state index contributed by atoms with van der Waals surface area (Å²) in [5.74, 6) is -1.10. The highest BCUT2D eigenvalue weighted by Gasteiger charge is 2.31. The number of hydrogen-bond acceptors (Lipinski definition) is 3. The van der Waals surface area contributed by atoms with E-state index in [4.69, 9.17) is 0 Å². The Hall–Kier alpha value is -2.43. The predicted octanol–water partition coefficient (Wildman–Crippen LogP) is 2.35. The number of carbonyl (C=O) groups is 2. The van der Waals surface area contributed by atoms with Crippen molar-refractivity contribution in [1.82, 2.24) is 9.88 Å². The summed E-state index contributed by atoms with van der Waals surface area (Å²) in [6, 6.07) is 9.65. The van der Waals surface area contributed by atoms with E-state index in [0.29, 0.717) is 19.5 Å². The Morgan fingerprint density at radius 3 is 2.83 bits per heavy atom. The van der Waals surface area contributed by atoms with Gasteiger partial charge in [0.2, 0.25) is 5.91 Å². The minimum Gasteiger partial charge on any atom is -0.481 e. The number of hydrogen-bond donors (Lipinski definition) is 1. The van der Waals surface area contributed by atoms with Crippen molar-refractivity contribution in [1.29, 1.82) is 0 Å². The number of aromatic nitrogens is 1. The fraction of sp³-hybridized carbons (Fsp3) is 0.389. The fourth-order valence-electron chi connectivity index (χ4n) is 3.32. The third-order valence-corrected chi connectivity index (χ3v) is 4.42. The Labute approximate surface area is 134 Å². The fourth-order valence-corrected chi connectivity index (χ4v) is 3.32. The van der Waals surface area contributed by atoms with Gasteiger partial charge in [0.25, 0.3) is 0 Å². The van der Waals surface area contributed by atoms with Crippen LogP contribution in [0.1, 0.15) is 18.9 Å². The Morgan fingerprint density at radius 2 is 2.04 bits per heavy atom. The SMILES string of the molecule is CC1CC(C(=O)O)CN(C(=O)Cc2cccc3cccnc23)C1. The third-order valence-electron chi connectivity index (χ3n) is 4.42. The van der Waals surface area contributed by atoms with Crippen molar-refractivity contribution in [2.75, 3.05) is 13.1 Å². The minimum absolute atomic E-state index is 0.0269. The van der Waals surface area contributed by atoms with E-state index in [2.05, 4.69) is 4.98 Å². The van der Waals surface area contributed by atoms with Gasteiger partial charge >= 0.3 is 5.97 Å². The van der Waals surface area contributed by atoms with Crippen LogP contribution >= 0.6 is 0 Å². The van der Waals surface area contributed by atoms with E-state index in [1.807, 2.05) is 37.3 Å². The normalized spacial score (nSPS) is 21.3. The van der Waals surface area contributed by atoms with Gasteiger partial charge in [0.05, 0.1) is 17.9 Å². The Bertz CT molecular complexity index is 739. The molecule has 0 aliphatic carbocycles. The number of piperidine rings is 1. The maximum absolute atomic E-state index is 12.6. The molecule has 1 aromatic heterocycles. The van der Waals surface area contributed by atoms with E-state index in [-0.39, 0.29) is 18.2 Å². The van der Waals surface area contributed by atoms with Crippen LogP contribution in [0.4, 0.5) is 0 Å². The van der Waals surface area contributed by atoms with Crippen molar-refractivity contribution in [2.24, 2.45) is 11.8 Å². The molecule has 2 heterocycles. The number of rotatable bonds is 3. The summed E-state index contributed by atoms with van der Waals surface area (Å²) in [5.41, 5.74) is 1.72. The molecule has 3 rings (SSSR count). The molecule has 1 amide bonds. The van der Waals surface area contributed by atoms with Gasteiger partial charge < -0.3 is 10.0 Å². The summed E-state index contributed by atoms with van der Waals surface area (Å²) in [7, 11) is 0. The molecule has 1 N–H and O–H groups in total. The van der Waals surface area contributed by atoms with Crippen LogP contribution in [0.25, 0.3) is 10.9 Å². The number of carbonyl (C=O) groups excluding carboxylic acids is 1. The average molecular weight is 312 g/mol. The molecular weight excluding hydrogens is 292 g/mol. The smallest absolute Gasteiger partial charge is 0.308 e. The van der Waals surface area contributed by atoms with Gasteiger partial charge in [-0.15, -0.1) is 0 Å². The highest BCUT2D eigenvalue weighted by molar-refractivity contribution is 5.88. The van der Waals surface area contributed by atoms with Crippen molar-refractivity contribution in [3.63, 3.8) is 0 Å². The molecule has 1 fully saturated rings. The van der Waals surface area contributed by atoms with Gasteiger partial charge in [0.15, 0.2) is 0 Å². The average Bonchev–Trinajstić information content (AvgIpc) is 2.54. The molecule has 120 valence electrons. The van der Waals surface area contributed by atoms with Gasteiger partial charge in [-0.25, -0.2) is 0 Å². The number of carboxylic acid groups (broad SMARTS) is 1. The van der Waals surface area contributed by atoms with Crippen LogP contribution in [0.15, 0.2) is 36.5 Å². The second-order valence-corrected chi connectivity index (χ2v) is 6.34. The number of nitrogens with zero attached hydrogens (tertiary/aromatic N) is 2. The van der Waals surface area contributed by atoms with Gasteiger partial charge in [0, 0.05) is 24.7 Å². The van der Waals surface area contributed by atoms with Crippen molar-refractivity contribution in [3.8, 4) is 0 Å². The van der Waals surface area contributed by atoms with Gasteiger partial charge in [-0.2, -0.15) is 0 Å². The Morgan fingerprint density at radius 1 is 1.26 bits per heavy atom. The van der Waals surface area contributed by atoms with E-state index < -0.39 is 11.9 Å². The Balaban J connectivity index is 1.79. The molecule has 2 atom stereocenters. The molecule has 1 aliphatic heterocycles. The van der Waals surface area contributed by atoms with Crippen LogP contribution in [0.2, 0.25) is 0 Å². The van der Waals surface area contributed by atoms with E-state index in [1.165, 1.54) is 0 Å². The van der Waals surface area contributed by atoms with Gasteiger partial charge in [0.1, 0.15) is 0 Å². The van der Waals surface area contributed by atoms with Crippen LogP contribution in [0.5, 0.6) is 0 Å². The molecule has 2 unspecified atom stereocenters. The highest BCUT2D eigenvalue weighted by Crippen LogP contribution is 2.23. The predicted molar refractivity (Wildman–Crippen MR) is 86.9 cm³/mol. The van der Waals surface area contributed by atoms with Crippen molar-refractivity contribution in [2.45, 2.75) is 19.8 Å². The van der Waals surface area contributed by atoms with Crippen molar-refractivity contribution >= 4 is 22.8 Å². The number of para-hydroxylation sites is 1. The lowest BCUT2D eigenvalue weighted by molar-refractivity contribution is -0.146. The topological polar surface area (TPSA) is 70.5 Å². The number of benzene rings is 1. The quantitative estimate of drug-likeness (QED) is 0.944. The molecule has 0 bridgehead atoms. The van der Waals surface area contributed by atoms with Gasteiger partial charge in [-0.3, -0.25) is 14.6 Å². The second-order valence-electron chi connectivity index (χ2n) is 6.34. The van der Waals surface area contributed by atoms with Crippen molar-refractivity contribution < 1.29 is 14.7 Å². The lowest BCUT2D eigenvalue weighted by Gasteiger charge is -2.34. The first kappa shape index (κ1) is 15.5. The molecular formula is C18H20N2O3. The third kappa shape index (κ3) is 3.33. The molecule has 5 heteroatoms. The monoisotopic (exact) mass is 312 g/mol. The number of aliphatic carboxylic acids is 1. The Kier molecular flexibility index (Phi) is 4.28. The van der Waals surface area contributed by atoms with Crippen LogP contribution in [0, 0.1) is 11.8 Å². The maximum Gasteiger partial charge on any atom is 0.308 e. The molecule has 5 nitrogen and oxygen atoms in total. The zero-order chi connectivity index (χ0) is 16.4. The lowest BCUT2D eigenvalue weighted by atomic mass is 9.90. The molecule has 0 saturated carbocycles. The van der Waals surface area contributed by atoms with Gasteiger partial charge in [-0.05, 0) is 24.0 Å². The summed E-state index contributed by atoms with van der Waals surface area (Å²) in [6.45, 7) is 2.92. The summed E-state index contributed by atoms with van der Waals surface area (Å²) in [6.07, 6.45) is 2.61. The van der Waals surface area contributed by atoms with Gasteiger partial charge in [-0.1, -0.05) is 31.2 Å². The zero-order valence-electron chi connectivity index (χ0n) is 13.1. The first-order valence-electron chi connectivity index (χ1n) is 7.88. The maximum atomic E-state index is 12.6. The lowest BCUT2D eigenvalue weighted by Crippen LogP contribution is -2.46. The molecule has 2 aromatic rings.